The predicted octanol–water partition coefficient (Wildman–Crippen LogP) is 2.17. The van der Waals surface area contributed by atoms with Crippen molar-refractivity contribution in [1.29, 1.82) is 0 Å². The summed E-state index contributed by atoms with van der Waals surface area (Å²) < 4.78 is 5.68. The van der Waals surface area contributed by atoms with Crippen molar-refractivity contribution in [2.24, 2.45) is 17.8 Å². The Morgan fingerprint density at radius 1 is 1.42 bits per heavy atom. The van der Waals surface area contributed by atoms with Gasteiger partial charge < -0.3 is 14.8 Å². The highest BCUT2D eigenvalue weighted by atomic mass is 16.5. The van der Waals surface area contributed by atoms with Crippen LogP contribution in [0, 0.1) is 17.8 Å². The second-order valence-electron chi connectivity index (χ2n) is 6.05. The van der Waals surface area contributed by atoms with E-state index in [2.05, 4.69) is 26.1 Å². The van der Waals surface area contributed by atoms with Crippen LogP contribution in [0.15, 0.2) is 0 Å². The molecule has 1 saturated carbocycles. The van der Waals surface area contributed by atoms with Gasteiger partial charge in [-0.1, -0.05) is 27.2 Å². The summed E-state index contributed by atoms with van der Waals surface area (Å²) in [6, 6.07) is -0.512. The van der Waals surface area contributed by atoms with Crippen molar-refractivity contribution in [1.82, 2.24) is 5.32 Å². The van der Waals surface area contributed by atoms with Crippen LogP contribution in [0.3, 0.4) is 0 Å². The predicted molar refractivity (Wildman–Crippen MR) is 74.8 cm³/mol. The number of esters is 1. The smallest absolute Gasteiger partial charge is 0.323 e. The molecule has 0 spiro atoms. The Hall–Kier alpha value is -0.900. The van der Waals surface area contributed by atoms with Gasteiger partial charge in [-0.25, -0.2) is 0 Å². The number of likely N-dealkylation sites (N-methyl/N-ethyl adjacent to an activating group) is 1. The van der Waals surface area contributed by atoms with E-state index in [0.29, 0.717) is 17.8 Å². The third-order valence-electron chi connectivity index (χ3n) is 4.19. The molecule has 0 aromatic rings. The molecule has 0 aliphatic heterocycles. The molecular weight excluding hydrogens is 242 g/mol. The lowest BCUT2D eigenvalue weighted by atomic mass is 9.75. The zero-order valence-electron chi connectivity index (χ0n) is 12.5. The highest BCUT2D eigenvalue weighted by molar-refractivity contribution is 5.79. The van der Waals surface area contributed by atoms with Crippen molar-refractivity contribution in [2.75, 3.05) is 7.05 Å². The van der Waals surface area contributed by atoms with Crippen LogP contribution in [-0.4, -0.2) is 31.4 Å². The number of carbonyl (C=O) groups is 2. The fourth-order valence-corrected chi connectivity index (χ4v) is 2.91. The van der Waals surface area contributed by atoms with Crippen LogP contribution < -0.4 is 5.32 Å². The van der Waals surface area contributed by atoms with Crippen molar-refractivity contribution >= 4 is 12.3 Å². The molecule has 0 heterocycles. The molecule has 4 atom stereocenters. The van der Waals surface area contributed by atoms with E-state index < -0.39 is 6.04 Å². The molecule has 0 radical (unpaired) electrons. The second-order valence-corrected chi connectivity index (χ2v) is 6.05. The largest absolute Gasteiger partial charge is 0.461 e. The third-order valence-corrected chi connectivity index (χ3v) is 4.19. The first-order chi connectivity index (χ1) is 8.99. The first-order valence-corrected chi connectivity index (χ1v) is 7.31. The number of aldehydes is 1. The lowest BCUT2D eigenvalue weighted by Crippen LogP contribution is -2.42. The van der Waals surface area contributed by atoms with Gasteiger partial charge in [-0.05, 0) is 37.6 Å². The van der Waals surface area contributed by atoms with Crippen LogP contribution in [-0.2, 0) is 14.3 Å². The summed E-state index contributed by atoms with van der Waals surface area (Å²) in [5.41, 5.74) is 0. The van der Waals surface area contributed by atoms with Gasteiger partial charge in [-0.2, -0.15) is 0 Å². The van der Waals surface area contributed by atoms with Crippen LogP contribution in [0.4, 0.5) is 0 Å². The minimum atomic E-state index is -0.512. The average Bonchev–Trinajstić information content (AvgIpc) is 2.35. The van der Waals surface area contributed by atoms with Crippen molar-refractivity contribution in [3.63, 3.8) is 0 Å². The Morgan fingerprint density at radius 3 is 2.63 bits per heavy atom. The quantitative estimate of drug-likeness (QED) is 0.593. The summed E-state index contributed by atoms with van der Waals surface area (Å²) >= 11 is 0. The van der Waals surface area contributed by atoms with Crippen molar-refractivity contribution < 1.29 is 14.3 Å². The Labute approximate surface area is 116 Å². The summed E-state index contributed by atoms with van der Waals surface area (Å²) in [7, 11) is 1.68. The maximum Gasteiger partial charge on any atom is 0.323 e. The zero-order chi connectivity index (χ0) is 14.4. The van der Waals surface area contributed by atoms with E-state index in [1.807, 2.05) is 0 Å². The van der Waals surface area contributed by atoms with E-state index in [-0.39, 0.29) is 18.5 Å². The van der Waals surface area contributed by atoms with Gasteiger partial charge in [0.25, 0.3) is 0 Å². The van der Waals surface area contributed by atoms with E-state index in [1.54, 1.807) is 7.05 Å². The minimum Gasteiger partial charge on any atom is -0.461 e. The highest BCUT2D eigenvalue weighted by Crippen LogP contribution is 2.35. The van der Waals surface area contributed by atoms with E-state index in [1.165, 1.54) is 6.42 Å². The van der Waals surface area contributed by atoms with Gasteiger partial charge in [0.15, 0.2) is 0 Å². The van der Waals surface area contributed by atoms with Crippen molar-refractivity contribution in [3.05, 3.63) is 0 Å². The first kappa shape index (κ1) is 16.2. The van der Waals surface area contributed by atoms with Crippen LogP contribution in [0.2, 0.25) is 0 Å². The summed E-state index contributed by atoms with van der Waals surface area (Å²) in [6.45, 7) is 6.57. The standard InChI is InChI=1S/C15H27NO3/c1-10(2)12-6-5-11(3)9-14(12)19-15(18)13(16-4)7-8-17/h8,10-14,16H,5-7,9H2,1-4H3/t11-,12+,13+,14-/m1/s1. The van der Waals surface area contributed by atoms with Gasteiger partial charge in [-0.15, -0.1) is 0 Å². The minimum absolute atomic E-state index is 0.00116. The zero-order valence-corrected chi connectivity index (χ0v) is 12.5. The summed E-state index contributed by atoms with van der Waals surface area (Å²) in [6.07, 6.45) is 4.19. The number of hydrogen-bond donors (Lipinski definition) is 1. The van der Waals surface area contributed by atoms with Crippen LogP contribution in [0.5, 0.6) is 0 Å². The lowest BCUT2D eigenvalue weighted by Gasteiger charge is -2.37. The van der Waals surface area contributed by atoms with Gasteiger partial charge in [0, 0.05) is 6.42 Å². The molecule has 0 aromatic heterocycles. The molecule has 1 N–H and O–H groups in total. The number of hydrogen-bond acceptors (Lipinski definition) is 4. The monoisotopic (exact) mass is 269 g/mol. The molecule has 19 heavy (non-hydrogen) atoms. The van der Waals surface area contributed by atoms with Crippen molar-refractivity contribution in [2.45, 2.75) is 58.6 Å². The second kappa shape index (κ2) is 7.63. The normalized spacial score (nSPS) is 29.0. The first-order valence-electron chi connectivity index (χ1n) is 7.31. The number of rotatable bonds is 6. The molecule has 0 amide bonds. The highest BCUT2D eigenvalue weighted by Gasteiger charge is 2.34. The molecule has 4 nitrogen and oxygen atoms in total. The third kappa shape index (κ3) is 4.60. The molecule has 0 unspecified atom stereocenters. The van der Waals surface area contributed by atoms with Gasteiger partial charge in [0.2, 0.25) is 0 Å². The van der Waals surface area contributed by atoms with Gasteiger partial charge in [-0.3, -0.25) is 4.79 Å². The van der Waals surface area contributed by atoms with Gasteiger partial charge >= 0.3 is 5.97 Å². The molecule has 4 heteroatoms. The Morgan fingerprint density at radius 2 is 2.11 bits per heavy atom. The molecule has 110 valence electrons. The fraction of sp³-hybridized carbons (Fsp3) is 0.867. The van der Waals surface area contributed by atoms with Crippen molar-refractivity contribution in [3.8, 4) is 0 Å². The summed E-state index contributed by atoms with van der Waals surface area (Å²) in [4.78, 5) is 22.6. The molecule has 1 rings (SSSR count). The van der Waals surface area contributed by atoms with Crippen LogP contribution in [0.25, 0.3) is 0 Å². The number of nitrogens with one attached hydrogen (secondary N) is 1. The molecule has 0 saturated heterocycles. The number of ether oxygens (including phenoxy) is 1. The summed E-state index contributed by atoms with van der Waals surface area (Å²) in [5, 5.41) is 2.84. The Bertz CT molecular complexity index is 304. The Balaban J connectivity index is 2.64. The number of carbonyl (C=O) groups excluding carboxylic acids is 2. The van der Waals surface area contributed by atoms with Gasteiger partial charge in [0.05, 0.1) is 0 Å². The fourth-order valence-electron chi connectivity index (χ4n) is 2.91. The maximum absolute atomic E-state index is 12.1. The maximum atomic E-state index is 12.1. The van der Waals surface area contributed by atoms with Crippen LogP contribution in [0.1, 0.15) is 46.5 Å². The van der Waals surface area contributed by atoms with Gasteiger partial charge in [0.1, 0.15) is 18.4 Å². The van der Waals surface area contributed by atoms with E-state index >= 15 is 0 Å². The van der Waals surface area contributed by atoms with E-state index in [0.717, 1.165) is 19.1 Å². The molecule has 0 aromatic carbocycles. The van der Waals surface area contributed by atoms with E-state index in [4.69, 9.17) is 4.74 Å². The molecule has 1 aliphatic carbocycles. The Kier molecular flexibility index (Phi) is 6.49. The molecule has 0 bridgehead atoms. The van der Waals surface area contributed by atoms with Crippen LogP contribution >= 0.6 is 0 Å². The topological polar surface area (TPSA) is 55.4 Å². The lowest BCUT2D eigenvalue weighted by molar-refractivity contribution is -0.158. The molecular formula is C15H27NO3. The average molecular weight is 269 g/mol. The molecule has 1 fully saturated rings. The van der Waals surface area contributed by atoms with E-state index in [9.17, 15) is 9.59 Å². The summed E-state index contributed by atoms with van der Waals surface area (Å²) in [5.74, 6) is 1.27. The molecule has 1 aliphatic rings. The SMILES string of the molecule is CN[C@@H](CC=O)C(=O)O[C@@H]1C[C@H](C)CC[C@H]1C(C)C.